The Morgan fingerprint density at radius 1 is 0.760 bits per heavy atom. The topological polar surface area (TPSA) is 87.3 Å². The Balaban J connectivity index is 1.58. The second-order valence-corrected chi connectivity index (χ2v) is 6.05. The van der Waals surface area contributed by atoms with E-state index in [1.807, 2.05) is 0 Å². The van der Waals surface area contributed by atoms with E-state index >= 15 is 0 Å². The van der Waals surface area contributed by atoms with E-state index < -0.39 is 0 Å². The molecule has 0 bridgehead atoms. The van der Waals surface area contributed by atoms with Crippen molar-refractivity contribution >= 4 is 34.8 Å². The number of carbonyl (C=O) groups is 3. The summed E-state index contributed by atoms with van der Waals surface area (Å²) in [5.74, 6) is -0.210. The number of hydrogen-bond acceptors (Lipinski definition) is 3. The van der Waals surface area contributed by atoms with Crippen LogP contribution < -0.4 is 16.0 Å². The number of rotatable bonds is 5. The maximum absolute atomic E-state index is 12.3. The lowest BCUT2D eigenvalue weighted by molar-refractivity contribution is -0.117. The molecule has 3 rings (SSSR count). The molecule has 0 aliphatic heterocycles. The third kappa shape index (κ3) is 4.67. The van der Waals surface area contributed by atoms with Crippen LogP contribution in [0.5, 0.6) is 0 Å². The molecule has 128 valence electrons. The van der Waals surface area contributed by atoms with Gasteiger partial charge in [0.1, 0.15) is 0 Å². The molecule has 1 fully saturated rings. The van der Waals surface area contributed by atoms with Crippen molar-refractivity contribution in [2.24, 2.45) is 5.92 Å². The molecule has 3 amide bonds. The van der Waals surface area contributed by atoms with Gasteiger partial charge >= 0.3 is 0 Å². The van der Waals surface area contributed by atoms with Crippen LogP contribution in [-0.2, 0) is 9.59 Å². The second kappa shape index (κ2) is 7.17. The molecule has 0 unspecified atom stereocenters. The number of benzene rings is 2. The maximum atomic E-state index is 12.3. The number of carbonyl (C=O) groups excluding carboxylic acids is 3. The van der Waals surface area contributed by atoms with E-state index in [4.69, 9.17) is 0 Å². The highest BCUT2D eigenvalue weighted by Crippen LogP contribution is 2.30. The maximum Gasteiger partial charge on any atom is 0.255 e. The summed E-state index contributed by atoms with van der Waals surface area (Å²) >= 11 is 0. The highest BCUT2D eigenvalue weighted by atomic mass is 16.2. The SMILES string of the molecule is CC(=O)Nc1ccc(NC(=O)c2ccc(NC(=O)C3CC3)cc2)cc1. The van der Waals surface area contributed by atoms with Crippen LogP contribution >= 0.6 is 0 Å². The predicted octanol–water partition coefficient (Wildman–Crippen LogP) is 3.25. The van der Waals surface area contributed by atoms with E-state index in [1.54, 1.807) is 48.5 Å². The molecular weight excluding hydrogens is 318 g/mol. The summed E-state index contributed by atoms with van der Waals surface area (Å²) in [6, 6.07) is 13.6. The fourth-order valence-electron chi connectivity index (χ4n) is 2.34. The summed E-state index contributed by atoms with van der Waals surface area (Å²) in [7, 11) is 0. The molecule has 6 heteroatoms. The van der Waals surface area contributed by atoms with E-state index in [0.29, 0.717) is 22.6 Å². The standard InChI is InChI=1S/C19H19N3O3/c1-12(23)20-15-8-10-17(11-9-15)22-19(25)14-4-6-16(7-5-14)21-18(24)13-2-3-13/h4-11,13H,2-3H2,1H3,(H,20,23)(H,21,24)(H,22,25). The number of amides is 3. The fourth-order valence-corrected chi connectivity index (χ4v) is 2.34. The molecule has 1 aliphatic carbocycles. The lowest BCUT2D eigenvalue weighted by Crippen LogP contribution is -2.14. The fraction of sp³-hybridized carbons (Fsp3) is 0.211. The molecule has 0 atom stereocenters. The van der Waals surface area contributed by atoms with E-state index in [-0.39, 0.29) is 23.6 Å². The summed E-state index contributed by atoms with van der Waals surface area (Å²) < 4.78 is 0. The Morgan fingerprint density at radius 3 is 1.76 bits per heavy atom. The van der Waals surface area contributed by atoms with Gasteiger partial charge < -0.3 is 16.0 Å². The van der Waals surface area contributed by atoms with Crippen molar-refractivity contribution in [3.8, 4) is 0 Å². The van der Waals surface area contributed by atoms with Crippen molar-refractivity contribution in [1.29, 1.82) is 0 Å². The largest absolute Gasteiger partial charge is 0.326 e. The molecular formula is C19H19N3O3. The summed E-state index contributed by atoms with van der Waals surface area (Å²) in [5.41, 5.74) is 2.48. The van der Waals surface area contributed by atoms with Gasteiger partial charge in [-0.15, -0.1) is 0 Å². The molecule has 2 aromatic rings. The van der Waals surface area contributed by atoms with E-state index in [2.05, 4.69) is 16.0 Å². The molecule has 1 saturated carbocycles. The molecule has 25 heavy (non-hydrogen) atoms. The first-order valence-corrected chi connectivity index (χ1v) is 8.11. The van der Waals surface area contributed by atoms with Crippen LogP contribution in [0.3, 0.4) is 0 Å². The van der Waals surface area contributed by atoms with Crippen LogP contribution in [0.1, 0.15) is 30.1 Å². The van der Waals surface area contributed by atoms with E-state index in [1.165, 1.54) is 6.92 Å². The van der Waals surface area contributed by atoms with Gasteiger partial charge in [-0.2, -0.15) is 0 Å². The summed E-state index contributed by atoms with van der Waals surface area (Å²) in [5, 5.41) is 8.29. The quantitative estimate of drug-likeness (QED) is 0.782. The average Bonchev–Trinajstić information content (AvgIpc) is 3.42. The predicted molar refractivity (Wildman–Crippen MR) is 96.5 cm³/mol. The van der Waals surface area contributed by atoms with Gasteiger partial charge in [-0.1, -0.05) is 0 Å². The van der Waals surface area contributed by atoms with Gasteiger partial charge in [0.2, 0.25) is 11.8 Å². The van der Waals surface area contributed by atoms with Crippen molar-refractivity contribution in [2.45, 2.75) is 19.8 Å². The molecule has 3 N–H and O–H groups in total. The zero-order valence-corrected chi connectivity index (χ0v) is 13.8. The normalized spacial score (nSPS) is 13.0. The number of anilines is 3. The van der Waals surface area contributed by atoms with Crippen LogP contribution in [0, 0.1) is 5.92 Å². The minimum Gasteiger partial charge on any atom is -0.326 e. The van der Waals surface area contributed by atoms with Crippen molar-refractivity contribution < 1.29 is 14.4 Å². The van der Waals surface area contributed by atoms with E-state index in [0.717, 1.165) is 12.8 Å². The molecule has 0 radical (unpaired) electrons. The highest BCUT2D eigenvalue weighted by molar-refractivity contribution is 6.05. The Hall–Kier alpha value is -3.15. The second-order valence-electron chi connectivity index (χ2n) is 6.05. The lowest BCUT2D eigenvalue weighted by Gasteiger charge is -2.08. The van der Waals surface area contributed by atoms with Crippen LogP contribution in [0.4, 0.5) is 17.1 Å². The van der Waals surface area contributed by atoms with Crippen LogP contribution in [0.2, 0.25) is 0 Å². The number of hydrogen-bond donors (Lipinski definition) is 3. The average molecular weight is 337 g/mol. The monoisotopic (exact) mass is 337 g/mol. The van der Waals surface area contributed by atoms with Crippen molar-refractivity contribution in [3.63, 3.8) is 0 Å². The van der Waals surface area contributed by atoms with Crippen LogP contribution in [-0.4, -0.2) is 17.7 Å². The Morgan fingerprint density at radius 2 is 1.24 bits per heavy atom. The molecule has 0 saturated heterocycles. The minimum absolute atomic E-state index is 0.0384. The summed E-state index contributed by atoms with van der Waals surface area (Å²) in [6.07, 6.45) is 1.90. The minimum atomic E-state index is -0.243. The summed E-state index contributed by atoms with van der Waals surface area (Å²) in [4.78, 5) is 35.0. The molecule has 6 nitrogen and oxygen atoms in total. The van der Waals surface area contributed by atoms with E-state index in [9.17, 15) is 14.4 Å². The Bertz CT molecular complexity index is 794. The third-order valence-corrected chi connectivity index (χ3v) is 3.83. The molecule has 2 aromatic carbocycles. The van der Waals surface area contributed by atoms with Crippen LogP contribution in [0.15, 0.2) is 48.5 Å². The Labute approximate surface area is 145 Å². The van der Waals surface area contributed by atoms with Crippen molar-refractivity contribution in [1.82, 2.24) is 0 Å². The molecule has 1 aliphatic rings. The van der Waals surface area contributed by atoms with Crippen molar-refractivity contribution in [2.75, 3.05) is 16.0 Å². The molecule has 0 spiro atoms. The molecule has 0 aromatic heterocycles. The van der Waals surface area contributed by atoms with Gasteiger partial charge in [0.05, 0.1) is 0 Å². The van der Waals surface area contributed by atoms with Gasteiger partial charge in [0, 0.05) is 35.5 Å². The first kappa shape index (κ1) is 16.7. The highest BCUT2D eigenvalue weighted by Gasteiger charge is 2.29. The zero-order chi connectivity index (χ0) is 17.8. The van der Waals surface area contributed by atoms with Gasteiger partial charge in [-0.05, 0) is 61.4 Å². The van der Waals surface area contributed by atoms with Gasteiger partial charge in [0.25, 0.3) is 5.91 Å². The lowest BCUT2D eigenvalue weighted by atomic mass is 10.2. The number of nitrogens with one attached hydrogen (secondary N) is 3. The zero-order valence-electron chi connectivity index (χ0n) is 13.8. The smallest absolute Gasteiger partial charge is 0.255 e. The first-order valence-electron chi connectivity index (χ1n) is 8.11. The van der Waals surface area contributed by atoms with Crippen molar-refractivity contribution in [3.05, 3.63) is 54.1 Å². The first-order chi connectivity index (χ1) is 12.0. The summed E-state index contributed by atoms with van der Waals surface area (Å²) in [6.45, 7) is 1.44. The van der Waals surface area contributed by atoms with Gasteiger partial charge in [-0.3, -0.25) is 14.4 Å². The van der Waals surface area contributed by atoms with Gasteiger partial charge in [0.15, 0.2) is 0 Å². The molecule has 0 heterocycles. The third-order valence-electron chi connectivity index (χ3n) is 3.83. The van der Waals surface area contributed by atoms with Crippen LogP contribution in [0.25, 0.3) is 0 Å². The van der Waals surface area contributed by atoms with Gasteiger partial charge in [-0.25, -0.2) is 0 Å². The Kier molecular flexibility index (Phi) is 4.79.